The Balaban J connectivity index is 1.74. The number of benzene rings is 1. The fraction of sp³-hybridized carbons (Fsp3) is 0.238. The standard InChI is InChI=1S/C21H19ClN4O3/c1-3-12(2)23-21(28)29-20-15-7-5-4-6-14(15)19(27)26(20)17-11-9-13-8-10-16(22)24-18(13)25-17/h4-12,20H,3H2,1-2H3,(H,23,28). The maximum Gasteiger partial charge on any atom is 0.409 e. The van der Waals surface area contributed by atoms with Crippen molar-refractivity contribution < 1.29 is 14.3 Å². The lowest BCUT2D eigenvalue weighted by molar-refractivity contribution is 0.0820. The molecule has 8 heteroatoms. The first kappa shape index (κ1) is 19.1. The zero-order valence-electron chi connectivity index (χ0n) is 15.9. The van der Waals surface area contributed by atoms with E-state index in [2.05, 4.69) is 15.3 Å². The summed E-state index contributed by atoms with van der Waals surface area (Å²) in [5.41, 5.74) is 1.48. The number of carbonyl (C=O) groups excluding carboxylic acids is 2. The predicted molar refractivity (Wildman–Crippen MR) is 110 cm³/mol. The molecule has 148 valence electrons. The van der Waals surface area contributed by atoms with Gasteiger partial charge in [0.25, 0.3) is 5.91 Å². The van der Waals surface area contributed by atoms with Gasteiger partial charge < -0.3 is 10.1 Å². The third-order valence-corrected chi connectivity index (χ3v) is 5.07. The largest absolute Gasteiger partial charge is 0.420 e. The number of amides is 2. The van der Waals surface area contributed by atoms with Gasteiger partial charge in [-0.2, -0.15) is 0 Å². The third kappa shape index (κ3) is 3.61. The second-order valence-corrected chi connectivity index (χ2v) is 7.21. The van der Waals surface area contributed by atoms with Crippen LogP contribution in [-0.2, 0) is 4.74 Å². The summed E-state index contributed by atoms with van der Waals surface area (Å²) in [7, 11) is 0. The summed E-state index contributed by atoms with van der Waals surface area (Å²) >= 11 is 5.98. The molecule has 0 bridgehead atoms. The van der Waals surface area contributed by atoms with E-state index in [0.717, 1.165) is 11.8 Å². The maximum atomic E-state index is 13.1. The normalized spacial score (nSPS) is 16.6. The topological polar surface area (TPSA) is 84.4 Å². The molecule has 3 heterocycles. The first-order chi connectivity index (χ1) is 14.0. The van der Waals surface area contributed by atoms with Gasteiger partial charge in [-0.05, 0) is 43.7 Å². The van der Waals surface area contributed by atoms with Crippen LogP contribution in [0.4, 0.5) is 10.6 Å². The molecule has 3 aromatic rings. The van der Waals surface area contributed by atoms with Gasteiger partial charge >= 0.3 is 6.09 Å². The van der Waals surface area contributed by atoms with E-state index in [9.17, 15) is 9.59 Å². The number of anilines is 1. The second kappa shape index (κ2) is 7.67. The number of nitrogens with zero attached hydrogens (tertiary/aromatic N) is 3. The van der Waals surface area contributed by atoms with Crippen LogP contribution in [-0.4, -0.2) is 28.0 Å². The monoisotopic (exact) mass is 410 g/mol. The summed E-state index contributed by atoms with van der Waals surface area (Å²) < 4.78 is 5.65. The lowest BCUT2D eigenvalue weighted by Gasteiger charge is -2.25. The molecule has 1 aliphatic heterocycles. The average Bonchev–Trinajstić information content (AvgIpc) is 2.99. The quantitative estimate of drug-likeness (QED) is 0.641. The van der Waals surface area contributed by atoms with E-state index in [0.29, 0.717) is 27.7 Å². The molecule has 0 radical (unpaired) electrons. The number of alkyl carbamates (subject to hydrolysis) is 1. The molecule has 1 N–H and O–H groups in total. The van der Waals surface area contributed by atoms with Crippen LogP contribution in [0, 0.1) is 0 Å². The Morgan fingerprint density at radius 1 is 1.21 bits per heavy atom. The first-order valence-corrected chi connectivity index (χ1v) is 9.68. The number of hydrogen-bond acceptors (Lipinski definition) is 5. The van der Waals surface area contributed by atoms with Crippen molar-refractivity contribution in [2.75, 3.05) is 4.90 Å². The molecule has 0 aliphatic carbocycles. The highest BCUT2D eigenvalue weighted by Crippen LogP contribution is 2.38. The number of rotatable bonds is 4. The molecule has 1 aromatic carbocycles. The minimum absolute atomic E-state index is 0.0477. The highest BCUT2D eigenvalue weighted by Gasteiger charge is 2.41. The number of halogens is 1. The predicted octanol–water partition coefficient (Wildman–Crippen LogP) is 4.47. The molecule has 2 unspecified atom stereocenters. The number of hydrogen-bond donors (Lipinski definition) is 1. The number of carbonyl (C=O) groups is 2. The number of pyridine rings is 2. The minimum atomic E-state index is -0.924. The van der Waals surface area contributed by atoms with Crippen molar-refractivity contribution in [3.05, 3.63) is 64.8 Å². The first-order valence-electron chi connectivity index (χ1n) is 9.31. The summed E-state index contributed by atoms with van der Waals surface area (Å²) in [5, 5.41) is 3.85. The van der Waals surface area contributed by atoms with E-state index in [1.165, 1.54) is 4.90 Å². The van der Waals surface area contributed by atoms with Crippen LogP contribution in [0.3, 0.4) is 0 Å². The number of fused-ring (bicyclic) bond motifs is 2. The molecular formula is C21H19ClN4O3. The smallest absolute Gasteiger partial charge is 0.409 e. The number of nitrogens with one attached hydrogen (secondary N) is 1. The van der Waals surface area contributed by atoms with Gasteiger partial charge in [0.05, 0.1) is 0 Å². The van der Waals surface area contributed by atoms with Crippen molar-refractivity contribution in [3.8, 4) is 0 Å². The van der Waals surface area contributed by atoms with E-state index in [1.807, 2.05) is 13.8 Å². The highest BCUT2D eigenvalue weighted by molar-refractivity contribution is 6.29. The van der Waals surface area contributed by atoms with Crippen LogP contribution in [0.1, 0.15) is 42.4 Å². The fourth-order valence-electron chi connectivity index (χ4n) is 3.16. The van der Waals surface area contributed by atoms with Crippen LogP contribution in [0.2, 0.25) is 5.15 Å². The van der Waals surface area contributed by atoms with Gasteiger partial charge in [-0.1, -0.05) is 36.7 Å². The lowest BCUT2D eigenvalue weighted by Crippen LogP contribution is -2.37. The Morgan fingerprint density at radius 2 is 1.97 bits per heavy atom. The zero-order chi connectivity index (χ0) is 20.5. The Morgan fingerprint density at radius 3 is 2.76 bits per heavy atom. The molecule has 0 spiro atoms. The molecule has 29 heavy (non-hydrogen) atoms. The van der Waals surface area contributed by atoms with E-state index in [-0.39, 0.29) is 11.9 Å². The van der Waals surface area contributed by atoms with Gasteiger partial charge in [0, 0.05) is 22.6 Å². The molecule has 2 atom stereocenters. The third-order valence-electron chi connectivity index (χ3n) is 4.86. The van der Waals surface area contributed by atoms with Crippen LogP contribution in [0.15, 0.2) is 48.5 Å². The van der Waals surface area contributed by atoms with Crippen LogP contribution < -0.4 is 10.2 Å². The second-order valence-electron chi connectivity index (χ2n) is 6.82. The average molecular weight is 411 g/mol. The molecule has 0 saturated heterocycles. The van der Waals surface area contributed by atoms with Crippen molar-refractivity contribution in [1.29, 1.82) is 0 Å². The summed E-state index contributed by atoms with van der Waals surface area (Å²) in [5.74, 6) is 0.0330. The number of ether oxygens (including phenoxy) is 1. The Kier molecular flexibility index (Phi) is 5.07. The summed E-state index contributed by atoms with van der Waals surface area (Å²) in [4.78, 5) is 35.6. The van der Waals surface area contributed by atoms with E-state index in [1.54, 1.807) is 48.5 Å². The Bertz CT molecular complexity index is 1100. The van der Waals surface area contributed by atoms with E-state index in [4.69, 9.17) is 16.3 Å². The Hall–Kier alpha value is -3.19. The van der Waals surface area contributed by atoms with Gasteiger partial charge in [-0.3, -0.25) is 9.69 Å². The molecule has 2 aromatic heterocycles. The molecule has 2 amide bonds. The van der Waals surface area contributed by atoms with Gasteiger partial charge in [0.2, 0.25) is 6.23 Å². The van der Waals surface area contributed by atoms with Crippen LogP contribution >= 0.6 is 11.6 Å². The summed E-state index contributed by atoms with van der Waals surface area (Å²) in [6.45, 7) is 3.84. The Labute approximate surface area is 172 Å². The maximum absolute atomic E-state index is 13.1. The molecule has 4 rings (SSSR count). The van der Waals surface area contributed by atoms with Gasteiger partial charge in [-0.25, -0.2) is 14.8 Å². The van der Waals surface area contributed by atoms with E-state index >= 15 is 0 Å². The number of aromatic nitrogens is 2. The zero-order valence-corrected chi connectivity index (χ0v) is 16.7. The van der Waals surface area contributed by atoms with Crippen LogP contribution in [0.25, 0.3) is 11.0 Å². The SMILES string of the molecule is CCC(C)NC(=O)OC1c2ccccc2C(=O)N1c1ccc2ccc(Cl)nc2n1. The van der Waals surface area contributed by atoms with Crippen molar-refractivity contribution in [2.24, 2.45) is 0 Å². The fourth-order valence-corrected chi connectivity index (χ4v) is 3.30. The highest BCUT2D eigenvalue weighted by atomic mass is 35.5. The molecule has 0 saturated carbocycles. The van der Waals surface area contributed by atoms with Crippen molar-refractivity contribution in [2.45, 2.75) is 32.5 Å². The van der Waals surface area contributed by atoms with Gasteiger partial charge in [-0.15, -0.1) is 0 Å². The summed E-state index contributed by atoms with van der Waals surface area (Å²) in [6.07, 6.45) is -0.759. The van der Waals surface area contributed by atoms with Gasteiger partial charge in [0.15, 0.2) is 5.65 Å². The van der Waals surface area contributed by atoms with Crippen molar-refractivity contribution in [1.82, 2.24) is 15.3 Å². The summed E-state index contributed by atoms with van der Waals surface area (Å²) in [6, 6.07) is 14.0. The molecule has 0 fully saturated rings. The van der Waals surface area contributed by atoms with Gasteiger partial charge in [0.1, 0.15) is 11.0 Å². The molecular weight excluding hydrogens is 392 g/mol. The van der Waals surface area contributed by atoms with Crippen molar-refractivity contribution in [3.63, 3.8) is 0 Å². The van der Waals surface area contributed by atoms with E-state index < -0.39 is 12.3 Å². The molecule has 7 nitrogen and oxygen atoms in total. The van der Waals surface area contributed by atoms with Crippen LogP contribution in [0.5, 0.6) is 0 Å². The minimum Gasteiger partial charge on any atom is -0.420 e. The molecule has 1 aliphatic rings. The van der Waals surface area contributed by atoms with Crippen molar-refractivity contribution >= 4 is 40.5 Å². The lowest BCUT2D eigenvalue weighted by atomic mass is 10.1.